The van der Waals surface area contributed by atoms with Gasteiger partial charge >= 0.3 is 0 Å². The van der Waals surface area contributed by atoms with E-state index in [1.807, 2.05) is 18.2 Å². The molecule has 0 spiro atoms. The van der Waals surface area contributed by atoms with Crippen LogP contribution < -0.4 is 5.73 Å². The maximum Gasteiger partial charge on any atom is 0.260 e. The second kappa shape index (κ2) is 4.46. The summed E-state index contributed by atoms with van der Waals surface area (Å²) in [4.78, 5) is 26.0. The SMILES string of the molecule is NCCC1(CN2C(=O)Cc3ccccc3C2=O)CC1. The van der Waals surface area contributed by atoms with E-state index in [0.29, 0.717) is 25.1 Å². The number of nitrogens with zero attached hydrogens (tertiary/aromatic N) is 1. The lowest BCUT2D eigenvalue weighted by atomic mass is 9.95. The molecule has 1 aliphatic heterocycles. The fraction of sp³-hybridized carbons (Fsp3) is 0.467. The Labute approximate surface area is 112 Å². The molecule has 1 heterocycles. The largest absolute Gasteiger partial charge is 0.330 e. The van der Waals surface area contributed by atoms with Crippen molar-refractivity contribution >= 4 is 11.8 Å². The number of hydrogen-bond acceptors (Lipinski definition) is 3. The molecule has 1 aromatic rings. The van der Waals surface area contributed by atoms with Crippen molar-refractivity contribution in [2.75, 3.05) is 13.1 Å². The van der Waals surface area contributed by atoms with Gasteiger partial charge in [0.15, 0.2) is 0 Å². The van der Waals surface area contributed by atoms with Crippen molar-refractivity contribution < 1.29 is 9.59 Å². The van der Waals surface area contributed by atoms with Gasteiger partial charge in [-0.25, -0.2) is 0 Å². The molecule has 100 valence electrons. The highest BCUT2D eigenvalue weighted by Gasteiger charge is 2.46. The van der Waals surface area contributed by atoms with Crippen molar-refractivity contribution in [1.29, 1.82) is 0 Å². The molecule has 0 aromatic heterocycles. The summed E-state index contributed by atoms with van der Waals surface area (Å²) in [5.41, 5.74) is 7.24. The molecule has 0 saturated heterocycles. The van der Waals surface area contributed by atoms with E-state index < -0.39 is 0 Å². The van der Waals surface area contributed by atoms with Crippen LogP contribution in [-0.4, -0.2) is 29.8 Å². The number of rotatable bonds is 4. The van der Waals surface area contributed by atoms with Crippen molar-refractivity contribution in [3.05, 3.63) is 35.4 Å². The molecule has 1 saturated carbocycles. The Hall–Kier alpha value is -1.68. The monoisotopic (exact) mass is 258 g/mol. The van der Waals surface area contributed by atoms with Crippen molar-refractivity contribution in [2.24, 2.45) is 11.1 Å². The summed E-state index contributed by atoms with van der Waals surface area (Å²) in [6.07, 6.45) is 3.37. The standard InChI is InChI=1S/C15H18N2O2/c16-8-7-15(5-6-15)10-17-13(18)9-11-3-1-2-4-12(11)14(17)19/h1-4H,5-10,16H2. The molecule has 2 amide bonds. The topological polar surface area (TPSA) is 63.4 Å². The van der Waals surface area contributed by atoms with E-state index in [1.165, 1.54) is 4.90 Å². The van der Waals surface area contributed by atoms with E-state index in [0.717, 1.165) is 24.8 Å². The lowest BCUT2D eigenvalue weighted by molar-refractivity contribution is -0.129. The maximum absolute atomic E-state index is 12.4. The van der Waals surface area contributed by atoms with Crippen LogP contribution in [-0.2, 0) is 11.2 Å². The molecule has 2 N–H and O–H groups in total. The van der Waals surface area contributed by atoms with E-state index in [4.69, 9.17) is 5.73 Å². The molecule has 19 heavy (non-hydrogen) atoms. The Kier molecular flexibility index (Phi) is 2.90. The Balaban J connectivity index is 1.84. The number of carbonyl (C=O) groups excluding carboxylic acids is 2. The minimum absolute atomic E-state index is 0.0769. The van der Waals surface area contributed by atoms with E-state index in [9.17, 15) is 9.59 Å². The van der Waals surface area contributed by atoms with Gasteiger partial charge in [0.25, 0.3) is 5.91 Å². The molecule has 1 aromatic carbocycles. The zero-order valence-electron chi connectivity index (χ0n) is 10.9. The molecule has 4 heteroatoms. The van der Waals surface area contributed by atoms with Crippen LogP contribution >= 0.6 is 0 Å². The quantitative estimate of drug-likeness (QED) is 0.829. The second-order valence-corrected chi connectivity index (χ2v) is 5.66. The van der Waals surface area contributed by atoms with Crippen LogP contribution in [0.4, 0.5) is 0 Å². The van der Waals surface area contributed by atoms with E-state index >= 15 is 0 Å². The molecular weight excluding hydrogens is 240 g/mol. The molecule has 2 aliphatic rings. The number of carbonyl (C=O) groups is 2. The van der Waals surface area contributed by atoms with Gasteiger partial charge in [-0.15, -0.1) is 0 Å². The van der Waals surface area contributed by atoms with Crippen molar-refractivity contribution in [3.8, 4) is 0 Å². The molecule has 4 nitrogen and oxygen atoms in total. The maximum atomic E-state index is 12.4. The summed E-state index contributed by atoms with van der Waals surface area (Å²) >= 11 is 0. The third kappa shape index (κ3) is 2.16. The number of hydrogen-bond donors (Lipinski definition) is 1. The van der Waals surface area contributed by atoms with Crippen molar-refractivity contribution in [2.45, 2.75) is 25.7 Å². The highest BCUT2D eigenvalue weighted by molar-refractivity contribution is 6.09. The van der Waals surface area contributed by atoms with Gasteiger partial charge < -0.3 is 5.73 Å². The minimum Gasteiger partial charge on any atom is -0.330 e. The zero-order valence-corrected chi connectivity index (χ0v) is 10.9. The number of nitrogens with two attached hydrogens (primary N) is 1. The third-order valence-corrected chi connectivity index (χ3v) is 4.26. The van der Waals surface area contributed by atoms with Gasteiger partial charge in [-0.2, -0.15) is 0 Å². The summed E-state index contributed by atoms with van der Waals surface area (Å²) in [7, 11) is 0. The lowest BCUT2D eigenvalue weighted by Crippen LogP contribution is -2.45. The molecular formula is C15H18N2O2. The normalized spacial score (nSPS) is 20.4. The zero-order chi connectivity index (χ0) is 13.5. The number of imide groups is 1. The average molecular weight is 258 g/mol. The first kappa shape index (κ1) is 12.4. The van der Waals surface area contributed by atoms with Gasteiger partial charge in [-0.3, -0.25) is 14.5 Å². The van der Waals surface area contributed by atoms with Crippen LogP contribution in [0.2, 0.25) is 0 Å². The van der Waals surface area contributed by atoms with E-state index in [-0.39, 0.29) is 17.2 Å². The first-order valence-electron chi connectivity index (χ1n) is 6.78. The molecule has 1 fully saturated rings. The molecule has 0 radical (unpaired) electrons. The van der Waals surface area contributed by atoms with Gasteiger partial charge in [0.1, 0.15) is 0 Å². The molecule has 0 bridgehead atoms. The van der Waals surface area contributed by atoms with Crippen LogP contribution in [0, 0.1) is 5.41 Å². The summed E-state index contributed by atoms with van der Waals surface area (Å²) in [6.45, 7) is 1.16. The smallest absolute Gasteiger partial charge is 0.260 e. The summed E-state index contributed by atoms with van der Waals surface area (Å²) in [5.74, 6) is -0.220. The van der Waals surface area contributed by atoms with Gasteiger partial charge in [-0.1, -0.05) is 18.2 Å². The van der Waals surface area contributed by atoms with Crippen molar-refractivity contribution in [3.63, 3.8) is 0 Å². The van der Waals surface area contributed by atoms with Crippen LogP contribution in [0.5, 0.6) is 0 Å². The summed E-state index contributed by atoms with van der Waals surface area (Å²) in [5, 5.41) is 0. The average Bonchev–Trinajstić information content (AvgIpc) is 3.15. The fourth-order valence-corrected chi connectivity index (χ4v) is 2.87. The van der Waals surface area contributed by atoms with Crippen LogP contribution in [0.3, 0.4) is 0 Å². The van der Waals surface area contributed by atoms with E-state index in [2.05, 4.69) is 0 Å². The Morgan fingerprint density at radius 2 is 1.95 bits per heavy atom. The van der Waals surface area contributed by atoms with Crippen LogP contribution in [0.15, 0.2) is 24.3 Å². The first-order chi connectivity index (χ1) is 9.15. The van der Waals surface area contributed by atoms with Crippen LogP contribution in [0.1, 0.15) is 35.2 Å². The highest BCUT2D eigenvalue weighted by atomic mass is 16.2. The Morgan fingerprint density at radius 1 is 1.21 bits per heavy atom. The van der Waals surface area contributed by atoms with Gasteiger partial charge in [0.2, 0.25) is 5.91 Å². The van der Waals surface area contributed by atoms with Crippen LogP contribution in [0.25, 0.3) is 0 Å². The predicted molar refractivity (Wildman–Crippen MR) is 71.5 cm³/mol. The molecule has 1 aliphatic carbocycles. The fourth-order valence-electron chi connectivity index (χ4n) is 2.87. The van der Waals surface area contributed by atoms with E-state index in [1.54, 1.807) is 6.07 Å². The van der Waals surface area contributed by atoms with Gasteiger partial charge in [0.05, 0.1) is 6.42 Å². The highest BCUT2D eigenvalue weighted by Crippen LogP contribution is 2.49. The number of fused-ring (bicyclic) bond motifs is 1. The van der Waals surface area contributed by atoms with Crippen molar-refractivity contribution in [1.82, 2.24) is 4.90 Å². The number of amides is 2. The summed E-state index contributed by atoms with van der Waals surface area (Å²) in [6, 6.07) is 7.37. The third-order valence-electron chi connectivity index (χ3n) is 4.26. The molecule has 0 atom stereocenters. The molecule has 3 rings (SSSR count). The molecule has 0 unspecified atom stereocenters. The number of benzene rings is 1. The van der Waals surface area contributed by atoms with Gasteiger partial charge in [0, 0.05) is 12.1 Å². The van der Waals surface area contributed by atoms with Gasteiger partial charge in [-0.05, 0) is 42.9 Å². The first-order valence-corrected chi connectivity index (χ1v) is 6.78. The Bertz CT molecular complexity index is 535. The Morgan fingerprint density at radius 3 is 2.63 bits per heavy atom. The lowest BCUT2D eigenvalue weighted by Gasteiger charge is -2.30. The minimum atomic E-state index is -0.143. The predicted octanol–water partition coefficient (Wildman–Crippen LogP) is 1.34. The summed E-state index contributed by atoms with van der Waals surface area (Å²) < 4.78 is 0. The second-order valence-electron chi connectivity index (χ2n) is 5.66.